The lowest BCUT2D eigenvalue weighted by Gasteiger charge is -2.14. The van der Waals surface area contributed by atoms with Crippen molar-refractivity contribution in [3.05, 3.63) is 122 Å². The molecule has 3 aromatic carbocycles. The molecule has 178 valence electrons. The van der Waals surface area contributed by atoms with E-state index in [9.17, 15) is 9.59 Å². The SMILES string of the molecule is Cc1ccc(C(=O)N=c2sc(C)c(C)n2Cc2ccc(C(=O)NC(C)c3ccccc3)cc2)cc1. The smallest absolute Gasteiger partial charge is 0.279 e. The molecular formula is C29H29N3O2S. The van der Waals surface area contributed by atoms with E-state index in [2.05, 4.69) is 14.9 Å². The van der Waals surface area contributed by atoms with Gasteiger partial charge in [-0.2, -0.15) is 4.99 Å². The monoisotopic (exact) mass is 483 g/mol. The van der Waals surface area contributed by atoms with Gasteiger partial charge in [-0.3, -0.25) is 9.59 Å². The summed E-state index contributed by atoms with van der Waals surface area (Å²) in [7, 11) is 0. The largest absolute Gasteiger partial charge is 0.346 e. The van der Waals surface area contributed by atoms with Crippen LogP contribution < -0.4 is 10.1 Å². The Morgan fingerprint density at radius 1 is 0.886 bits per heavy atom. The zero-order valence-electron chi connectivity index (χ0n) is 20.4. The van der Waals surface area contributed by atoms with Crippen LogP contribution in [0.4, 0.5) is 0 Å². The lowest BCUT2D eigenvalue weighted by Crippen LogP contribution is -2.26. The minimum atomic E-state index is -0.250. The number of benzene rings is 3. The van der Waals surface area contributed by atoms with Crippen molar-refractivity contribution in [1.82, 2.24) is 9.88 Å². The molecule has 0 bridgehead atoms. The highest BCUT2D eigenvalue weighted by Gasteiger charge is 2.13. The number of rotatable bonds is 6. The van der Waals surface area contributed by atoms with E-state index in [-0.39, 0.29) is 17.9 Å². The van der Waals surface area contributed by atoms with Gasteiger partial charge in [0.25, 0.3) is 11.8 Å². The van der Waals surface area contributed by atoms with Crippen molar-refractivity contribution >= 4 is 23.2 Å². The van der Waals surface area contributed by atoms with Crippen LogP contribution in [0.15, 0.2) is 83.9 Å². The van der Waals surface area contributed by atoms with Crippen LogP contribution in [0.3, 0.4) is 0 Å². The van der Waals surface area contributed by atoms with Crippen molar-refractivity contribution < 1.29 is 9.59 Å². The van der Waals surface area contributed by atoms with Gasteiger partial charge in [0.15, 0.2) is 4.80 Å². The summed E-state index contributed by atoms with van der Waals surface area (Å²) < 4.78 is 2.05. The second kappa shape index (κ2) is 10.7. The zero-order valence-corrected chi connectivity index (χ0v) is 21.2. The van der Waals surface area contributed by atoms with Gasteiger partial charge < -0.3 is 9.88 Å². The molecule has 0 aliphatic rings. The predicted molar refractivity (Wildman–Crippen MR) is 141 cm³/mol. The predicted octanol–water partition coefficient (Wildman–Crippen LogP) is 5.76. The number of carbonyl (C=O) groups is 2. The molecule has 0 saturated carbocycles. The number of aryl methyl sites for hydroxylation is 2. The summed E-state index contributed by atoms with van der Waals surface area (Å²) >= 11 is 1.51. The van der Waals surface area contributed by atoms with E-state index >= 15 is 0 Å². The first-order valence-corrected chi connectivity index (χ1v) is 12.4. The highest BCUT2D eigenvalue weighted by Crippen LogP contribution is 2.15. The Bertz CT molecular complexity index is 1400. The van der Waals surface area contributed by atoms with Crippen molar-refractivity contribution in [3.63, 3.8) is 0 Å². The molecule has 0 aliphatic carbocycles. The molecule has 0 radical (unpaired) electrons. The molecule has 4 rings (SSSR count). The van der Waals surface area contributed by atoms with Crippen LogP contribution >= 0.6 is 11.3 Å². The van der Waals surface area contributed by atoms with Crippen molar-refractivity contribution in [2.75, 3.05) is 0 Å². The van der Waals surface area contributed by atoms with Crippen LogP contribution in [0.2, 0.25) is 0 Å². The fourth-order valence-electron chi connectivity index (χ4n) is 3.77. The molecule has 0 saturated heterocycles. The second-order valence-corrected chi connectivity index (χ2v) is 9.88. The van der Waals surface area contributed by atoms with E-state index in [4.69, 9.17) is 0 Å². The maximum atomic E-state index is 12.7. The summed E-state index contributed by atoms with van der Waals surface area (Å²) in [5, 5.41) is 3.05. The Labute approximate surface area is 209 Å². The maximum Gasteiger partial charge on any atom is 0.279 e. The minimum absolute atomic E-state index is 0.0781. The summed E-state index contributed by atoms with van der Waals surface area (Å²) in [6.45, 7) is 8.60. The highest BCUT2D eigenvalue weighted by molar-refractivity contribution is 7.09. The number of hydrogen-bond donors (Lipinski definition) is 1. The van der Waals surface area contributed by atoms with Crippen molar-refractivity contribution in [1.29, 1.82) is 0 Å². The van der Waals surface area contributed by atoms with Gasteiger partial charge in [0.2, 0.25) is 0 Å². The zero-order chi connectivity index (χ0) is 24.9. The number of amides is 2. The number of nitrogens with zero attached hydrogens (tertiary/aromatic N) is 2. The average molecular weight is 484 g/mol. The molecule has 0 aliphatic heterocycles. The van der Waals surface area contributed by atoms with Gasteiger partial charge in [0, 0.05) is 21.7 Å². The van der Waals surface area contributed by atoms with E-state index < -0.39 is 0 Å². The number of carbonyl (C=O) groups excluding carboxylic acids is 2. The van der Waals surface area contributed by atoms with Crippen LogP contribution in [0.1, 0.15) is 60.9 Å². The molecule has 4 aromatic rings. The van der Waals surface area contributed by atoms with Crippen LogP contribution in [0.5, 0.6) is 0 Å². The lowest BCUT2D eigenvalue weighted by molar-refractivity contribution is 0.0938. The van der Waals surface area contributed by atoms with Crippen molar-refractivity contribution in [2.45, 2.75) is 40.3 Å². The van der Waals surface area contributed by atoms with Crippen LogP contribution in [-0.2, 0) is 6.54 Å². The van der Waals surface area contributed by atoms with Gasteiger partial charge >= 0.3 is 0 Å². The first-order chi connectivity index (χ1) is 16.8. The van der Waals surface area contributed by atoms with Gasteiger partial charge in [-0.25, -0.2) is 0 Å². The Hall–Kier alpha value is -3.77. The molecule has 1 unspecified atom stereocenters. The number of aromatic nitrogens is 1. The third-order valence-corrected chi connectivity index (χ3v) is 7.19. The molecule has 5 nitrogen and oxygen atoms in total. The number of nitrogens with one attached hydrogen (secondary N) is 1. The van der Waals surface area contributed by atoms with Gasteiger partial charge in [0.1, 0.15) is 0 Å². The van der Waals surface area contributed by atoms with Gasteiger partial charge in [-0.05, 0) is 63.1 Å². The highest BCUT2D eigenvalue weighted by atomic mass is 32.1. The number of hydrogen-bond acceptors (Lipinski definition) is 3. The molecule has 1 atom stereocenters. The van der Waals surface area contributed by atoms with E-state index in [1.54, 1.807) is 12.1 Å². The summed E-state index contributed by atoms with van der Waals surface area (Å²) in [4.78, 5) is 31.7. The lowest BCUT2D eigenvalue weighted by atomic mass is 10.1. The molecular weight excluding hydrogens is 454 g/mol. The van der Waals surface area contributed by atoms with Crippen molar-refractivity contribution in [2.24, 2.45) is 4.99 Å². The molecule has 0 spiro atoms. The summed E-state index contributed by atoms with van der Waals surface area (Å²) in [5.74, 6) is -0.359. The molecule has 2 amide bonds. The fraction of sp³-hybridized carbons (Fsp3) is 0.207. The van der Waals surface area contributed by atoms with E-state index in [1.807, 2.05) is 94.4 Å². The third-order valence-electron chi connectivity index (χ3n) is 6.09. The standard InChI is InChI=1S/C29H29N3O2S/c1-19-10-14-25(15-11-19)28(34)31-29-32(21(3)22(4)35-29)18-23-12-16-26(17-13-23)27(33)30-20(2)24-8-6-5-7-9-24/h5-17,20H,18H2,1-4H3,(H,30,33). The Morgan fingerprint density at radius 2 is 1.51 bits per heavy atom. The molecule has 0 fully saturated rings. The Balaban J connectivity index is 1.51. The van der Waals surface area contributed by atoms with Crippen LogP contribution in [-0.4, -0.2) is 16.4 Å². The molecule has 1 heterocycles. The second-order valence-electron chi connectivity index (χ2n) is 8.70. The average Bonchev–Trinajstić information content (AvgIpc) is 3.12. The van der Waals surface area contributed by atoms with Crippen LogP contribution in [0.25, 0.3) is 0 Å². The molecule has 6 heteroatoms. The van der Waals surface area contributed by atoms with Gasteiger partial charge in [-0.15, -0.1) is 11.3 Å². The summed E-state index contributed by atoms with van der Waals surface area (Å²) in [5.41, 5.74) is 5.46. The Kier molecular flexibility index (Phi) is 7.42. The topological polar surface area (TPSA) is 63.5 Å². The Morgan fingerprint density at radius 3 is 2.17 bits per heavy atom. The minimum Gasteiger partial charge on any atom is -0.346 e. The fourth-order valence-corrected chi connectivity index (χ4v) is 4.74. The van der Waals surface area contributed by atoms with Gasteiger partial charge in [-0.1, -0.05) is 60.2 Å². The number of thiazole rings is 1. The quantitative estimate of drug-likeness (QED) is 0.379. The van der Waals surface area contributed by atoms with Gasteiger partial charge in [0.05, 0.1) is 12.6 Å². The van der Waals surface area contributed by atoms with E-state index in [1.165, 1.54) is 11.3 Å². The normalized spacial score (nSPS) is 12.4. The maximum absolute atomic E-state index is 12.7. The van der Waals surface area contributed by atoms with E-state index in [0.717, 1.165) is 27.3 Å². The molecule has 1 aromatic heterocycles. The summed E-state index contributed by atoms with van der Waals surface area (Å²) in [6.07, 6.45) is 0. The first kappa shape index (κ1) is 24.4. The summed E-state index contributed by atoms with van der Waals surface area (Å²) in [6, 6.07) is 24.8. The first-order valence-electron chi connectivity index (χ1n) is 11.6. The van der Waals surface area contributed by atoms with Crippen LogP contribution in [0, 0.1) is 20.8 Å². The third kappa shape index (κ3) is 5.84. The van der Waals surface area contributed by atoms with Crippen molar-refractivity contribution in [3.8, 4) is 0 Å². The molecule has 1 N–H and O–H groups in total. The molecule has 35 heavy (non-hydrogen) atoms. The van der Waals surface area contributed by atoms with E-state index in [0.29, 0.717) is 22.5 Å².